The molecule has 0 atom stereocenters. The molecule has 1 aromatic rings. The predicted molar refractivity (Wildman–Crippen MR) is 91.3 cm³/mol. The van der Waals surface area contributed by atoms with Crippen LogP contribution in [0.2, 0.25) is 0 Å². The maximum atomic E-state index is 12.6. The number of methoxy groups -OCH3 is 1. The van der Waals surface area contributed by atoms with Crippen LogP contribution in [0.5, 0.6) is 5.75 Å². The predicted octanol–water partition coefficient (Wildman–Crippen LogP) is 2.61. The van der Waals surface area contributed by atoms with Crippen molar-refractivity contribution in [1.29, 1.82) is 0 Å². The number of hydrogen-bond donors (Lipinski definition) is 0. The molecule has 0 saturated heterocycles. The largest absolute Gasteiger partial charge is 0.476 e. The van der Waals surface area contributed by atoms with Crippen LogP contribution in [-0.2, 0) is 9.53 Å². The first kappa shape index (κ1) is 18.9. The number of nitrogens with zero attached hydrogens (tertiary/aromatic N) is 3. The molecule has 1 aromatic heterocycles. The molecule has 1 amide bonds. The molecule has 8 nitrogen and oxygen atoms in total. The van der Waals surface area contributed by atoms with Crippen molar-refractivity contribution in [2.75, 3.05) is 26.9 Å². The first-order valence-electron chi connectivity index (χ1n) is 8.26. The van der Waals surface area contributed by atoms with Crippen molar-refractivity contribution < 1.29 is 19.2 Å². The Bertz CT molecular complexity index is 660. The van der Waals surface area contributed by atoms with Crippen LogP contribution >= 0.6 is 0 Å². The molecule has 2 rings (SSSR count). The maximum Gasteiger partial charge on any atom is 0.406 e. The van der Waals surface area contributed by atoms with Gasteiger partial charge in [0.25, 0.3) is 5.91 Å². The fraction of sp³-hybridized carbons (Fsp3) is 0.529. The van der Waals surface area contributed by atoms with Crippen LogP contribution < -0.4 is 4.74 Å². The van der Waals surface area contributed by atoms with E-state index in [1.807, 2.05) is 0 Å². The molecule has 136 valence electrons. The Labute approximate surface area is 146 Å². The van der Waals surface area contributed by atoms with Crippen molar-refractivity contribution in [3.05, 3.63) is 39.7 Å². The molecule has 1 heterocycles. The minimum absolute atomic E-state index is 0.00624. The van der Waals surface area contributed by atoms with E-state index in [2.05, 4.69) is 11.1 Å². The quantitative estimate of drug-likeness (QED) is 0.529. The van der Waals surface area contributed by atoms with Gasteiger partial charge in [-0.2, -0.15) is 0 Å². The van der Waals surface area contributed by atoms with Crippen molar-refractivity contribution in [3.8, 4) is 5.75 Å². The number of aromatic nitrogens is 1. The van der Waals surface area contributed by atoms with Gasteiger partial charge in [-0.1, -0.05) is 6.08 Å². The van der Waals surface area contributed by atoms with E-state index < -0.39 is 4.92 Å². The third kappa shape index (κ3) is 5.25. The normalized spacial score (nSPS) is 13.9. The summed E-state index contributed by atoms with van der Waals surface area (Å²) < 4.78 is 10.5. The summed E-state index contributed by atoms with van der Waals surface area (Å²) >= 11 is 0. The average Bonchev–Trinajstić information content (AvgIpc) is 2.61. The monoisotopic (exact) mass is 349 g/mol. The number of nitro groups is 1. The number of hydrogen-bond acceptors (Lipinski definition) is 6. The lowest BCUT2D eigenvalue weighted by Gasteiger charge is -2.27. The molecule has 25 heavy (non-hydrogen) atoms. The zero-order valence-electron chi connectivity index (χ0n) is 14.6. The number of pyridine rings is 1. The third-order valence-corrected chi connectivity index (χ3v) is 3.94. The topological polar surface area (TPSA) is 94.8 Å². The first-order chi connectivity index (χ1) is 12.0. The van der Waals surface area contributed by atoms with E-state index in [9.17, 15) is 14.9 Å². The second-order valence-electron chi connectivity index (χ2n) is 5.80. The van der Waals surface area contributed by atoms with E-state index in [-0.39, 0.29) is 24.1 Å². The zero-order chi connectivity index (χ0) is 18.2. The summed E-state index contributed by atoms with van der Waals surface area (Å²) in [6.07, 6.45) is 6.00. The molecule has 0 spiro atoms. The number of ether oxygens (including phenoxy) is 2. The fourth-order valence-electron chi connectivity index (χ4n) is 2.67. The lowest BCUT2D eigenvalue weighted by Crippen LogP contribution is -2.37. The Balaban J connectivity index is 2.08. The molecule has 0 saturated carbocycles. The van der Waals surface area contributed by atoms with Gasteiger partial charge >= 0.3 is 5.82 Å². The van der Waals surface area contributed by atoms with E-state index in [1.165, 1.54) is 6.07 Å². The highest BCUT2D eigenvalue weighted by Crippen LogP contribution is 2.25. The van der Waals surface area contributed by atoms with E-state index in [1.54, 1.807) is 25.0 Å². The molecular weight excluding hydrogens is 326 g/mol. The van der Waals surface area contributed by atoms with Crippen molar-refractivity contribution in [3.63, 3.8) is 0 Å². The Morgan fingerprint density at radius 3 is 2.84 bits per heavy atom. The van der Waals surface area contributed by atoms with Crippen molar-refractivity contribution in [2.24, 2.45) is 0 Å². The SMILES string of the molecule is COCCN(C(=O)COc1ccc(C)nc1[N+](=O)[O-])C1=CCCCC1. The van der Waals surface area contributed by atoms with Crippen molar-refractivity contribution in [1.82, 2.24) is 9.88 Å². The summed E-state index contributed by atoms with van der Waals surface area (Å²) in [5.41, 5.74) is 1.48. The molecule has 0 bridgehead atoms. The number of allylic oxidation sites excluding steroid dienone is 2. The molecule has 8 heteroatoms. The van der Waals surface area contributed by atoms with E-state index in [4.69, 9.17) is 9.47 Å². The number of rotatable bonds is 8. The summed E-state index contributed by atoms with van der Waals surface area (Å²) in [6, 6.07) is 3.08. The van der Waals surface area contributed by atoms with E-state index in [0.717, 1.165) is 31.4 Å². The molecule has 0 N–H and O–H groups in total. The van der Waals surface area contributed by atoms with Gasteiger partial charge in [0.15, 0.2) is 6.61 Å². The molecule has 0 unspecified atom stereocenters. The molecule has 0 fully saturated rings. The van der Waals surface area contributed by atoms with Crippen LogP contribution in [0, 0.1) is 17.0 Å². The van der Waals surface area contributed by atoms with Gasteiger partial charge in [-0.15, -0.1) is 0 Å². The van der Waals surface area contributed by atoms with Crippen molar-refractivity contribution >= 4 is 11.7 Å². The fourth-order valence-corrected chi connectivity index (χ4v) is 2.67. The summed E-state index contributed by atoms with van der Waals surface area (Å²) in [4.78, 5) is 28.6. The first-order valence-corrected chi connectivity index (χ1v) is 8.26. The minimum atomic E-state index is -0.612. The maximum absolute atomic E-state index is 12.6. The van der Waals surface area contributed by atoms with Gasteiger partial charge in [0.1, 0.15) is 5.69 Å². The number of carbonyl (C=O) groups excluding carboxylic acids is 1. The summed E-state index contributed by atoms with van der Waals surface area (Å²) in [6.45, 7) is 2.21. The molecular formula is C17H23N3O5. The Morgan fingerprint density at radius 2 is 2.20 bits per heavy atom. The van der Waals surface area contributed by atoms with Crippen LogP contribution in [0.3, 0.4) is 0 Å². The van der Waals surface area contributed by atoms with Crippen LogP contribution in [-0.4, -0.2) is 47.6 Å². The highest BCUT2D eigenvalue weighted by Gasteiger charge is 2.22. The second kappa shape index (κ2) is 9.12. The Kier molecular flexibility index (Phi) is 6.88. The van der Waals surface area contributed by atoms with Crippen LogP contribution in [0.15, 0.2) is 23.9 Å². The average molecular weight is 349 g/mol. The number of carbonyl (C=O) groups is 1. The van der Waals surface area contributed by atoms with Gasteiger partial charge in [-0.05, 0) is 47.7 Å². The van der Waals surface area contributed by atoms with Gasteiger partial charge in [0.05, 0.1) is 6.61 Å². The highest BCUT2D eigenvalue weighted by atomic mass is 16.6. The third-order valence-electron chi connectivity index (χ3n) is 3.94. The van der Waals surface area contributed by atoms with Gasteiger partial charge in [-0.25, -0.2) is 0 Å². The van der Waals surface area contributed by atoms with Crippen LogP contribution in [0.1, 0.15) is 31.4 Å². The number of amides is 1. The van der Waals surface area contributed by atoms with Gasteiger partial charge in [0, 0.05) is 26.3 Å². The Hall–Kier alpha value is -2.48. The summed E-state index contributed by atoms with van der Waals surface area (Å²) in [5, 5.41) is 11.1. The van der Waals surface area contributed by atoms with Crippen LogP contribution in [0.25, 0.3) is 0 Å². The summed E-state index contributed by atoms with van der Waals surface area (Å²) in [5.74, 6) is -0.638. The zero-order valence-corrected chi connectivity index (χ0v) is 14.6. The van der Waals surface area contributed by atoms with E-state index in [0.29, 0.717) is 18.8 Å². The summed E-state index contributed by atoms with van der Waals surface area (Å²) in [7, 11) is 1.58. The van der Waals surface area contributed by atoms with Crippen molar-refractivity contribution in [2.45, 2.75) is 32.6 Å². The van der Waals surface area contributed by atoms with Crippen LogP contribution in [0.4, 0.5) is 5.82 Å². The van der Waals surface area contributed by atoms with Gasteiger partial charge in [0.2, 0.25) is 5.75 Å². The molecule has 1 aliphatic carbocycles. The number of aryl methyl sites for hydroxylation is 1. The molecule has 0 aromatic carbocycles. The second-order valence-corrected chi connectivity index (χ2v) is 5.80. The van der Waals surface area contributed by atoms with Gasteiger partial charge in [-0.3, -0.25) is 4.79 Å². The van der Waals surface area contributed by atoms with E-state index >= 15 is 0 Å². The molecule has 1 aliphatic rings. The lowest BCUT2D eigenvalue weighted by molar-refractivity contribution is -0.390. The highest BCUT2D eigenvalue weighted by molar-refractivity contribution is 5.79. The molecule has 0 radical (unpaired) electrons. The van der Waals surface area contributed by atoms with Gasteiger partial charge < -0.3 is 24.5 Å². The lowest BCUT2D eigenvalue weighted by atomic mass is 10.0. The molecule has 0 aliphatic heterocycles. The Morgan fingerprint density at radius 1 is 1.40 bits per heavy atom. The smallest absolute Gasteiger partial charge is 0.406 e. The standard InChI is InChI=1S/C17H23N3O5/c1-13-8-9-15(17(18-13)20(22)23)25-12-16(21)19(10-11-24-2)14-6-4-3-5-7-14/h6,8-9H,3-5,7,10-12H2,1-2H3. The minimum Gasteiger partial charge on any atom is -0.476 e.